The Morgan fingerprint density at radius 2 is 1.76 bits per heavy atom. The van der Waals surface area contributed by atoms with Gasteiger partial charge in [-0.05, 0) is 30.7 Å². The monoisotopic (exact) mass is 278 g/mol. The molecule has 0 amide bonds. The summed E-state index contributed by atoms with van der Waals surface area (Å²) in [5.41, 5.74) is 9.52. The molecule has 0 bridgehead atoms. The number of hydrogen-bond donors (Lipinski definition) is 1. The first-order chi connectivity index (χ1) is 10.3. The third-order valence-electron chi connectivity index (χ3n) is 3.57. The molecular formula is C18H18N2O. The molecule has 2 aromatic carbocycles. The van der Waals surface area contributed by atoms with E-state index < -0.39 is 0 Å². The number of para-hydroxylation sites is 2. The Kier molecular flexibility index (Phi) is 3.84. The SMILES string of the molecule is CCOc1ccccc1C(N)c1ccnc2ccccc12. The molecule has 3 heteroatoms. The molecule has 0 spiro atoms. The van der Waals surface area contributed by atoms with Crippen molar-refractivity contribution in [1.82, 2.24) is 4.98 Å². The van der Waals surface area contributed by atoms with Gasteiger partial charge in [0.05, 0.1) is 18.2 Å². The van der Waals surface area contributed by atoms with E-state index in [0.29, 0.717) is 6.61 Å². The van der Waals surface area contributed by atoms with Gasteiger partial charge in [-0.1, -0.05) is 36.4 Å². The molecule has 1 atom stereocenters. The molecule has 2 N–H and O–H groups in total. The van der Waals surface area contributed by atoms with Gasteiger partial charge in [0.25, 0.3) is 0 Å². The van der Waals surface area contributed by atoms with Gasteiger partial charge >= 0.3 is 0 Å². The van der Waals surface area contributed by atoms with E-state index in [1.54, 1.807) is 6.20 Å². The highest BCUT2D eigenvalue weighted by molar-refractivity contribution is 5.82. The van der Waals surface area contributed by atoms with Crippen molar-refractivity contribution in [1.29, 1.82) is 0 Å². The fraction of sp³-hybridized carbons (Fsp3) is 0.167. The number of hydrogen-bond acceptors (Lipinski definition) is 3. The van der Waals surface area contributed by atoms with Crippen LogP contribution < -0.4 is 10.5 Å². The summed E-state index contributed by atoms with van der Waals surface area (Å²) in [4.78, 5) is 4.39. The van der Waals surface area contributed by atoms with E-state index in [4.69, 9.17) is 10.5 Å². The maximum atomic E-state index is 6.51. The Balaban J connectivity index is 2.11. The molecule has 3 nitrogen and oxygen atoms in total. The Bertz CT molecular complexity index is 750. The molecule has 0 radical (unpaired) electrons. The van der Waals surface area contributed by atoms with E-state index in [1.807, 2.05) is 55.5 Å². The zero-order chi connectivity index (χ0) is 14.7. The summed E-state index contributed by atoms with van der Waals surface area (Å²) >= 11 is 0. The number of pyridine rings is 1. The predicted octanol–water partition coefficient (Wildman–Crippen LogP) is 3.68. The van der Waals surface area contributed by atoms with Gasteiger partial charge in [0.2, 0.25) is 0 Å². The number of nitrogens with zero attached hydrogens (tertiary/aromatic N) is 1. The van der Waals surface area contributed by atoms with Crippen molar-refractivity contribution >= 4 is 10.9 Å². The Morgan fingerprint density at radius 1 is 1.00 bits per heavy atom. The van der Waals surface area contributed by atoms with E-state index in [0.717, 1.165) is 27.8 Å². The molecule has 3 rings (SSSR count). The van der Waals surface area contributed by atoms with Gasteiger partial charge < -0.3 is 10.5 Å². The van der Waals surface area contributed by atoms with Crippen LogP contribution in [-0.4, -0.2) is 11.6 Å². The van der Waals surface area contributed by atoms with Gasteiger partial charge in [-0.25, -0.2) is 0 Å². The molecular weight excluding hydrogens is 260 g/mol. The van der Waals surface area contributed by atoms with Crippen LogP contribution in [0.15, 0.2) is 60.8 Å². The van der Waals surface area contributed by atoms with Crippen molar-refractivity contribution in [2.45, 2.75) is 13.0 Å². The highest BCUT2D eigenvalue weighted by atomic mass is 16.5. The molecule has 106 valence electrons. The van der Waals surface area contributed by atoms with Crippen LogP contribution in [0, 0.1) is 0 Å². The van der Waals surface area contributed by atoms with Crippen LogP contribution in [0.1, 0.15) is 24.1 Å². The zero-order valence-electron chi connectivity index (χ0n) is 12.0. The van der Waals surface area contributed by atoms with E-state index in [9.17, 15) is 0 Å². The number of benzene rings is 2. The molecule has 1 unspecified atom stereocenters. The van der Waals surface area contributed by atoms with Gasteiger partial charge in [0.15, 0.2) is 0 Å². The normalized spacial score (nSPS) is 12.3. The van der Waals surface area contributed by atoms with Crippen LogP contribution in [0.4, 0.5) is 0 Å². The van der Waals surface area contributed by atoms with Crippen molar-refractivity contribution in [3.8, 4) is 5.75 Å². The molecule has 0 fully saturated rings. The summed E-state index contributed by atoms with van der Waals surface area (Å²) in [6.45, 7) is 2.60. The highest BCUT2D eigenvalue weighted by Gasteiger charge is 2.16. The summed E-state index contributed by atoms with van der Waals surface area (Å²) < 4.78 is 5.70. The number of ether oxygens (including phenoxy) is 1. The average Bonchev–Trinajstić information content (AvgIpc) is 2.54. The minimum absolute atomic E-state index is 0.236. The molecule has 0 saturated carbocycles. The van der Waals surface area contributed by atoms with Crippen molar-refractivity contribution in [3.63, 3.8) is 0 Å². The lowest BCUT2D eigenvalue weighted by Gasteiger charge is -2.18. The van der Waals surface area contributed by atoms with Gasteiger partial charge in [0, 0.05) is 17.1 Å². The maximum Gasteiger partial charge on any atom is 0.124 e. The third-order valence-corrected chi connectivity index (χ3v) is 3.57. The molecule has 3 aromatic rings. The molecule has 0 aliphatic rings. The second kappa shape index (κ2) is 5.94. The number of nitrogens with two attached hydrogens (primary N) is 1. The van der Waals surface area contributed by atoms with Crippen molar-refractivity contribution < 1.29 is 4.74 Å². The summed E-state index contributed by atoms with van der Waals surface area (Å²) in [7, 11) is 0. The van der Waals surface area contributed by atoms with Crippen LogP contribution >= 0.6 is 0 Å². The minimum Gasteiger partial charge on any atom is -0.494 e. The van der Waals surface area contributed by atoms with Crippen LogP contribution in [0.2, 0.25) is 0 Å². The van der Waals surface area contributed by atoms with Crippen LogP contribution in [0.25, 0.3) is 10.9 Å². The minimum atomic E-state index is -0.236. The summed E-state index contributed by atoms with van der Waals surface area (Å²) in [5, 5.41) is 1.08. The standard InChI is InChI=1S/C18H18N2O/c1-2-21-17-10-6-4-8-15(17)18(19)14-11-12-20-16-9-5-3-7-13(14)16/h3-12,18H,2,19H2,1H3. The largest absolute Gasteiger partial charge is 0.494 e. The summed E-state index contributed by atoms with van der Waals surface area (Å²) in [6.07, 6.45) is 1.81. The topological polar surface area (TPSA) is 48.1 Å². The van der Waals surface area contributed by atoms with Crippen LogP contribution in [0.5, 0.6) is 5.75 Å². The molecule has 0 saturated heterocycles. The lowest BCUT2D eigenvalue weighted by molar-refractivity contribution is 0.335. The molecule has 1 heterocycles. The average molecular weight is 278 g/mol. The summed E-state index contributed by atoms with van der Waals surface area (Å²) in [6, 6.07) is 17.7. The first-order valence-corrected chi connectivity index (χ1v) is 7.12. The zero-order valence-corrected chi connectivity index (χ0v) is 12.0. The van der Waals surface area contributed by atoms with E-state index in [-0.39, 0.29) is 6.04 Å². The van der Waals surface area contributed by atoms with Gasteiger partial charge in [-0.3, -0.25) is 4.98 Å². The van der Waals surface area contributed by atoms with Gasteiger partial charge in [-0.2, -0.15) is 0 Å². The number of rotatable bonds is 4. The van der Waals surface area contributed by atoms with Crippen LogP contribution in [0.3, 0.4) is 0 Å². The second-order valence-electron chi connectivity index (χ2n) is 4.87. The Morgan fingerprint density at radius 3 is 2.62 bits per heavy atom. The molecule has 0 aliphatic carbocycles. The van der Waals surface area contributed by atoms with E-state index in [2.05, 4.69) is 11.1 Å². The predicted molar refractivity (Wildman–Crippen MR) is 85.4 cm³/mol. The number of fused-ring (bicyclic) bond motifs is 1. The Labute approximate surface area is 124 Å². The second-order valence-corrected chi connectivity index (χ2v) is 4.87. The third kappa shape index (κ3) is 2.60. The molecule has 1 aromatic heterocycles. The smallest absolute Gasteiger partial charge is 0.124 e. The number of aromatic nitrogens is 1. The quantitative estimate of drug-likeness (QED) is 0.792. The first-order valence-electron chi connectivity index (χ1n) is 7.12. The fourth-order valence-corrected chi connectivity index (χ4v) is 2.58. The lowest BCUT2D eigenvalue weighted by Crippen LogP contribution is -2.14. The Hall–Kier alpha value is -2.39. The first kappa shape index (κ1) is 13.6. The maximum absolute atomic E-state index is 6.51. The summed E-state index contributed by atoms with van der Waals surface area (Å²) in [5.74, 6) is 0.841. The van der Waals surface area contributed by atoms with Gasteiger partial charge in [-0.15, -0.1) is 0 Å². The van der Waals surface area contributed by atoms with E-state index >= 15 is 0 Å². The van der Waals surface area contributed by atoms with Crippen molar-refractivity contribution in [3.05, 3.63) is 71.9 Å². The highest BCUT2D eigenvalue weighted by Crippen LogP contribution is 2.31. The molecule has 21 heavy (non-hydrogen) atoms. The van der Waals surface area contributed by atoms with Crippen molar-refractivity contribution in [2.24, 2.45) is 5.73 Å². The van der Waals surface area contributed by atoms with E-state index in [1.165, 1.54) is 0 Å². The lowest BCUT2D eigenvalue weighted by atomic mass is 9.96. The van der Waals surface area contributed by atoms with Crippen LogP contribution in [-0.2, 0) is 0 Å². The fourth-order valence-electron chi connectivity index (χ4n) is 2.58. The van der Waals surface area contributed by atoms with Crippen molar-refractivity contribution in [2.75, 3.05) is 6.61 Å². The van der Waals surface area contributed by atoms with Gasteiger partial charge in [0.1, 0.15) is 5.75 Å². The molecule has 0 aliphatic heterocycles.